The number of esters is 1. The molecule has 0 aromatic heterocycles. The van der Waals surface area contributed by atoms with Gasteiger partial charge in [-0.05, 0) is 18.2 Å². The third-order valence-electron chi connectivity index (χ3n) is 1.70. The standard InChI is InChI=1S/C10H9FN2O2/c1-15-10(14)9(6-12)13-8-4-2-3-7(11)5-8/h2-5,9,13H,1H3. The van der Waals surface area contributed by atoms with Crippen LogP contribution < -0.4 is 5.32 Å². The minimum Gasteiger partial charge on any atom is -0.467 e. The smallest absolute Gasteiger partial charge is 0.343 e. The van der Waals surface area contributed by atoms with Crippen LogP contribution in [0.1, 0.15) is 0 Å². The molecule has 78 valence electrons. The van der Waals surface area contributed by atoms with Gasteiger partial charge in [-0.1, -0.05) is 6.07 Å². The van der Waals surface area contributed by atoms with Gasteiger partial charge in [0.2, 0.25) is 6.04 Å². The summed E-state index contributed by atoms with van der Waals surface area (Å²) in [5, 5.41) is 11.2. The number of halogens is 1. The highest BCUT2D eigenvalue weighted by molar-refractivity contribution is 5.82. The Morgan fingerprint density at radius 1 is 1.67 bits per heavy atom. The van der Waals surface area contributed by atoms with Gasteiger partial charge in [0.25, 0.3) is 0 Å². The van der Waals surface area contributed by atoms with Crippen molar-refractivity contribution in [3.05, 3.63) is 30.1 Å². The van der Waals surface area contributed by atoms with Gasteiger partial charge in [-0.15, -0.1) is 0 Å². The number of hydrogen-bond donors (Lipinski definition) is 1. The molecule has 15 heavy (non-hydrogen) atoms. The lowest BCUT2D eigenvalue weighted by molar-refractivity contribution is -0.140. The number of anilines is 1. The van der Waals surface area contributed by atoms with Crippen molar-refractivity contribution in [2.75, 3.05) is 12.4 Å². The van der Waals surface area contributed by atoms with Gasteiger partial charge in [0.15, 0.2) is 0 Å². The van der Waals surface area contributed by atoms with Crippen LogP contribution in [0.5, 0.6) is 0 Å². The average molecular weight is 208 g/mol. The predicted octanol–water partition coefficient (Wildman–Crippen LogP) is 1.30. The summed E-state index contributed by atoms with van der Waals surface area (Å²) in [5.41, 5.74) is 0.354. The van der Waals surface area contributed by atoms with E-state index >= 15 is 0 Å². The Morgan fingerprint density at radius 3 is 2.93 bits per heavy atom. The molecule has 0 heterocycles. The van der Waals surface area contributed by atoms with Gasteiger partial charge in [-0.3, -0.25) is 0 Å². The number of hydrogen-bond acceptors (Lipinski definition) is 4. The first-order valence-electron chi connectivity index (χ1n) is 4.17. The van der Waals surface area contributed by atoms with E-state index in [-0.39, 0.29) is 0 Å². The highest BCUT2D eigenvalue weighted by Gasteiger charge is 2.17. The number of methoxy groups -OCH3 is 1. The fourth-order valence-electron chi connectivity index (χ4n) is 1.01. The van der Waals surface area contributed by atoms with Crippen molar-refractivity contribution >= 4 is 11.7 Å². The molecule has 5 heteroatoms. The van der Waals surface area contributed by atoms with Gasteiger partial charge in [0.1, 0.15) is 5.82 Å². The third kappa shape index (κ3) is 2.95. The van der Waals surface area contributed by atoms with E-state index < -0.39 is 17.8 Å². The van der Waals surface area contributed by atoms with Crippen LogP contribution in [0.3, 0.4) is 0 Å². The van der Waals surface area contributed by atoms with Crippen molar-refractivity contribution in [3.63, 3.8) is 0 Å². The van der Waals surface area contributed by atoms with E-state index in [1.807, 2.05) is 0 Å². The third-order valence-corrected chi connectivity index (χ3v) is 1.70. The van der Waals surface area contributed by atoms with E-state index in [9.17, 15) is 9.18 Å². The van der Waals surface area contributed by atoms with Crippen LogP contribution in [0.2, 0.25) is 0 Å². The minimum atomic E-state index is -1.13. The summed E-state index contributed by atoms with van der Waals surface area (Å²) >= 11 is 0. The molecule has 1 rings (SSSR count). The van der Waals surface area contributed by atoms with Crippen molar-refractivity contribution in [3.8, 4) is 6.07 Å². The molecule has 1 N–H and O–H groups in total. The summed E-state index contributed by atoms with van der Waals surface area (Å²) in [6, 6.07) is 6.07. The number of benzene rings is 1. The van der Waals surface area contributed by atoms with Gasteiger partial charge in [-0.2, -0.15) is 5.26 Å². The molecule has 1 aromatic carbocycles. The van der Waals surface area contributed by atoms with Crippen LogP contribution in [-0.4, -0.2) is 19.1 Å². The van der Waals surface area contributed by atoms with Crippen LogP contribution in [0.25, 0.3) is 0 Å². The van der Waals surface area contributed by atoms with E-state index in [4.69, 9.17) is 5.26 Å². The number of carbonyl (C=O) groups excluding carboxylic acids is 1. The minimum absolute atomic E-state index is 0.354. The van der Waals surface area contributed by atoms with E-state index in [1.165, 1.54) is 25.3 Å². The summed E-state index contributed by atoms with van der Waals surface area (Å²) in [5.74, 6) is -1.15. The van der Waals surface area contributed by atoms with Gasteiger partial charge >= 0.3 is 5.97 Å². The van der Waals surface area contributed by atoms with Crippen LogP contribution in [-0.2, 0) is 9.53 Å². The Labute approximate surface area is 86.3 Å². The Kier molecular flexibility index (Phi) is 3.63. The number of rotatable bonds is 3. The zero-order valence-electron chi connectivity index (χ0n) is 8.03. The van der Waals surface area contributed by atoms with Crippen LogP contribution in [0.4, 0.5) is 10.1 Å². The summed E-state index contributed by atoms with van der Waals surface area (Å²) < 4.78 is 17.2. The lowest BCUT2D eigenvalue weighted by Crippen LogP contribution is -2.28. The molecule has 0 bridgehead atoms. The van der Waals surface area contributed by atoms with Crippen molar-refractivity contribution in [1.29, 1.82) is 5.26 Å². The molecule has 0 saturated heterocycles. The first kappa shape index (κ1) is 11.0. The molecule has 4 nitrogen and oxygen atoms in total. The molecule has 0 spiro atoms. The zero-order chi connectivity index (χ0) is 11.3. The molecule has 0 aliphatic rings. The first-order chi connectivity index (χ1) is 7.17. The molecule has 1 unspecified atom stereocenters. The van der Waals surface area contributed by atoms with Crippen LogP contribution in [0.15, 0.2) is 24.3 Å². The molecule has 0 saturated carbocycles. The predicted molar refractivity (Wildman–Crippen MR) is 51.4 cm³/mol. The van der Waals surface area contributed by atoms with E-state index in [0.717, 1.165) is 0 Å². The fraction of sp³-hybridized carbons (Fsp3) is 0.200. The maximum atomic E-state index is 12.8. The fourth-order valence-corrected chi connectivity index (χ4v) is 1.01. The Hall–Kier alpha value is -2.09. The first-order valence-corrected chi connectivity index (χ1v) is 4.17. The molecular formula is C10H9FN2O2. The number of ether oxygens (including phenoxy) is 1. The van der Waals surface area contributed by atoms with Crippen molar-refractivity contribution in [1.82, 2.24) is 0 Å². The van der Waals surface area contributed by atoms with E-state index in [0.29, 0.717) is 5.69 Å². The highest BCUT2D eigenvalue weighted by atomic mass is 19.1. The second kappa shape index (κ2) is 4.96. The molecular weight excluding hydrogens is 199 g/mol. The van der Waals surface area contributed by atoms with Crippen LogP contribution in [0, 0.1) is 17.1 Å². The number of nitriles is 1. The maximum Gasteiger partial charge on any atom is 0.343 e. The van der Waals surface area contributed by atoms with Crippen molar-refractivity contribution in [2.24, 2.45) is 0 Å². The Balaban J connectivity index is 2.76. The second-order valence-corrected chi connectivity index (χ2v) is 2.74. The zero-order valence-corrected chi connectivity index (χ0v) is 8.03. The molecule has 1 aromatic rings. The highest BCUT2D eigenvalue weighted by Crippen LogP contribution is 2.10. The largest absolute Gasteiger partial charge is 0.467 e. The number of nitrogens with one attached hydrogen (secondary N) is 1. The average Bonchev–Trinajstić information content (AvgIpc) is 2.25. The molecule has 0 fully saturated rings. The molecule has 0 amide bonds. The SMILES string of the molecule is COC(=O)C(C#N)Nc1cccc(F)c1. The summed E-state index contributed by atoms with van der Waals surface area (Å²) in [4.78, 5) is 11.0. The normalized spacial score (nSPS) is 11.3. The second-order valence-electron chi connectivity index (χ2n) is 2.74. The summed E-state index contributed by atoms with van der Waals surface area (Å²) in [6.45, 7) is 0. The summed E-state index contributed by atoms with van der Waals surface area (Å²) in [6.07, 6.45) is 0. The van der Waals surface area contributed by atoms with Crippen LogP contribution >= 0.6 is 0 Å². The van der Waals surface area contributed by atoms with E-state index in [2.05, 4.69) is 10.1 Å². The van der Waals surface area contributed by atoms with Gasteiger partial charge in [0.05, 0.1) is 13.2 Å². The lowest BCUT2D eigenvalue weighted by atomic mass is 10.2. The van der Waals surface area contributed by atoms with Gasteiger partial charge in [0, 0.05) is 5.69 Å². The molecule has 0 radical (unpaired) electrons. The topological polar surface area (TPSA) is 62.1 Å². The Bertz CT molecular complexity index is 401. The monoisotopic (exact) mass is 208 g/mol. The summed E-state index contributed by atoms with van der Waals surface area (Å²) in [7, 11) is 1.18. The van der Waals surface area contributed by atoms with Gasteiger partial charge < -0.3 is 10.1 Å². The van der Waals surface area contributed by atoms with Gasteiger partial charge in [-0.25, -0.2) is 9.18 Å². The molecule has 1 atom stereocenters. The van der Waals surface area contributed by atoms with Crippen molar-refractivity contribution < 1.29 is 13.9 Å². The molecule has 0 aliphatic heterocycles. The maximum absolute atomic E-state index is 12.8. The van der Waals surface area contributed by atoms with Crippen molar-refractivity contribution in [2.45, 2.75) is 6.04 Å². The van der Waals surface area contributed by atoms with E-state index in [1.54, 1.807) is 12.1 Å². The Morgan fingerprint density at radius 2 is 2.40 bits per heavy atom. The number of carbonyl (C=O) groups is 1. The lowest BCUT2D eigenvalue weighted by Gasteiger charge is -2.10. The number of nitrogens with zero attached hydrogens (tertiary/aromatic N) is 1. The molecule has 0 aliphatic carbocycles. The quantitative estimate of drug-likeness (QED) is 0.760.